The minimum atomic E-state index is 0.309. The first kappa shape index (κ1) is 13.0. The van der Waals surface area contributed by atoms with E-state index in [9.17, 15) is 0 Å². The van der Waals surface area contributed by atoms with Crippen LogP contribution in [0, 0.1) is 0 Å². The summed E-state index contributed by atoms with van der Waals surface area (Å²) in [6.07, 6.45) is 3.12. The molecule has 0 saturated carbocycles. The van der Waals surface area contributed by atoms with Crippen LogP contribution in [0.3, 0.4) is 0 Å². The molecule has 0 radical (unpaired) electrons. The highest BCUT2D eigenvalue weighted by molar-refractivity contribution is 5.44. The van der Waals surface area contributed by atoms with Gasteiger partial charge in [-0.05, 0) is 42.9 Å². The molecule has 2 N–H and O–H groups in total. The van der Waals surface area contributed by atoms with Gasteiger partial charge in [-0.1, -0.05) is 26.0 Å². The summed E-state index contributed by atoms with van der Waals surface area (Å²) in [6, 6.07) is 8.64. The predicted octanol–water partition coefficient (Wildman–Crippen LogP) is 3.38. The predicted molar refractivity (Wildman–Crippen MR) is 70.0 cm³/mol. The van der Waals surface area contributed by atoms with E-state index >= 15 is 0 Å². The molecule has 0 aliphatic rings. The summed E-state index contributed by atoms with van der Waals surface area (Å²) in [6.45, 7) is 5.71. The summed E-state index contributed by atoms with van der Waals surface area (Å²) < 4.78 is 0. The largest absolute Gasteiger partial charge is 0.396 e. The van der Waals surface area contributed by atoms with Crippen molar-refractivity contribution in [3.05, 3.63) is 29.8 Å². The molecule has 0 aliphatic heterocycles. The van der Waals surface area contributed by atoms with Crippen molar-refractivity contribution in [3.63, 3.8) is 0 Å². The van der Waals surface area contributed by atoms with Gasteiger partial charge < -0.3 is 10.4 Å². The smallest absolute Gasteiger partial charge is 0.0431 e. The van der Waals surface area contributed by atoms with E-state index in [2.05, 4.69) is 43.4 Å². The van der Waals surface area contributed by atoms with Gasteiger partial charge in [0.05, 0.1) is 0 Å². The zero-order valence-corrected chi connectivity index (χ0v) is 10.4. The number of hydrogen-bond donors (Lipinski definition) is 2. The molecule has 0 aliphatic carbocycles. The highest BCUT2D eigenvalue weighted by Gasteiger charge is 1.98. The van der Waals surface area contributed by atoms with Crippen molar-refractivity contribution >= 4 is 5.69 Å². The van der Waals surface area contributed by atoms with E-state index in [1.54, 1.807) is 0 Å². The first-order valence-electron chi connectivity index (χ1n) is 6.18. The van der Waals surface area contributed by atoms with Crippen molar-refractivity contribution < 1.29 is 5.11 Å². The number of anilines is 1. The summed E-state index contributed by atoms with van der Waals surface area (Å²) in [5, 5.41) is 12.0. The Morgan fingerprint density at radius 2 is 1.75 bits per heavy atom. The maximum Gasteiger partial charge on any atom is 0.0431 e. The second kappa shape index (κ2) is 7.29. The average Bonchev–Trinajstić information content (AvgIpc) is 2.29. The fraction of sp³-hybridized carbons (Fsp3) is 0.571. The SMILES string of the molecule is CC(C)c1ccc(NCCCCCO)cc1. The third-order valence-electron chi connectivity index (χ3n) is 2.74. The summed E-state index contributed by atoms with van der Waals surface area (Å²) >= 11 is 0. The highest BCUT2D eigenvalue weighted by Crippen LogP contribution is 2.17. The van der Waals surface area contributed by atoms with Crippen molar-refractivity contribution in [2.24, 2.45) is 0 Å². The molecule has 1 rings (SSSR count). The Bertz CT molecular complexity index is 279. The summed E-state index contributed by atoms with van der Waals surface area (Å²) in [7, 11) is 0. The lowest BCUT2D eigenvalue weighted by molar-refractivity contribution is 0.283. The van der Waals surface area contributed by atoms with Crippen molar-refractivity contribution in [1.29, 1.82) is 0 Å². The van der Waals surface area contributed by atoms with Crippen molar-refractivity contribution in [2.75, 3.05) is 18.5 Å². The van der Waals surface area contributed by atoms with Gasteiger partial charge >= 0.3 is 0 Å². The molecule has 1 aromatic carbocycles. The van der Waals surface area contributed by atoms with Crippen LogP contribution >= 0.6 is 0 Å². The summed E-state index contributed by atoms with van der Waals surface area (Å²) in [5.74, 6) is 0.596. The Morgan fingerprint density at radius 3 is 2.31 bits per heavy atom. The lowest BCUT2D eigenvalue weighted by Gasteiger charge is -2.09. The summed E-state index contributed by atoms with van der Waals surface area (Å²) in [4.78, 5) is 0. The fourth-order valence-corrected chi connectivity index (χ4v) is 1.63. The molecule has 90 valence electrons. The van der Waals surface area contributed by atoms with E-state index in [-0.39, 0.29) is 0 Å². The van der Waals surface area contributed by atoms with Gasteiger partial charge in [-0.15, -0.1) is 0 Å². The zero-order valence-electron chi connectivity index (χ0n) is 10.4. The van der Waals surface area contributed by atoms with Gasteiger partial charge in [0.15, 0.2) is 0 Å². The van der Waals surface area contributed by atoms with Gasteiger partial charge in [-0.2, -0.15) is 0 Å². The molecule has 2 heteroatoms. The van der Waals surface area contributed by atoms with Crippen LogP contribution in [0.25, 0.3) is 0 Å². The van der Waals surface area contributed by atoms with E-state index in [0.717, 1.165) is 25.8 Å². The van der Waals surface area contributed by atoms with Crippen molar-refractivity contribution in [2.45, 2.75) is 39.0 Å². The molecular formula is C14H23NO. The van der Waals surface area contributed by atoms with Crippen LogP contribution < -0.4 is 5.32 Å². The quantitative estimate of drug-likeness (QED) is 0.692. The van der Waals surface area contributed by atoms with E-state index in [1.807, 2.05) is 0 Å². The Labute approximate surface area is 98.7 Å². The topological polar surface area (TPSA) is 32.3 Å². The second-order valence-corrected chi connectivity index (χ2v) is 4.49. The molecule has 0 fully saturated rings. The Morgan fingerprint density at radius 1 is 1.06 bits per heavy atom. The van der Waals surface area contributed by atoms with Gasteiger partial charge in [0.25, 0.3) is 0 Å². The van der Waals surface area contributed by atoms with Crippen LogP contribution in [0.2, 0.25) is 0 Å². The molecule has 0 spiro atoms. The maximum absolute atomic E-state index is 8.64. The first-order chi connectivity index (χ1) is 7.74. The normalized spacial score (nSPS) is 10.8. The molecule has 0 saturated heterocycles. The third-order valence-corrected chi connectivity index (χ3v) is 2.74. The Kier molecular flexibility index (Phi) is 5.94. The highest BCUT2D eigenvalue weighted by atomic mass is 16.2. The molecular weight excluding hydrogens is 198 g/mol. The van der Waals surface area contributed by atoms with Gasteiger partial charge in [0.1, 0.15) is 0 Å². The molecule has 16 heavy (non-hydrogen) atoms. The van der Waals surface area contributed by atoms with E-state index in [0.29, 0.717) is 12.5 Å². The Balaban J connectivity index is 2.27. The standard InChI is InChI=1S/C14H23NO/c1-12(2)13-6-8-14(9-7-13)15-10-4-3-5-11-16/h6-9,12,15-16H,3-5,10-11H2,1-2H3. The van der Waals surface area contributed by atoms with Gasteiger partial charge in [0.2, 0.25) is 0 Å². The number of benzene rings is 1. The van der Waals surface area contributed by atoms with Crippen LogP contribution in [0.4, 0.5) is 5.69 Å². The molecule has 0 heterocycles. The number of rotatable bonds is 7. The van der Waals surface area contributed by atoms with Crippen molar-refractivity contribution in [1.82, 2.24) is 0 Å². The number of aliphatic hydroxyl groups excluding tert-OH is 1. The number of aliphatic hydroxyl groups is 1. The first-order valence-corrected chi connectivity index (χ1v) is 6.18. The van der Waals surface area contributed by atoms with Crippen LogP contribution in [-0.2, 0) is 0 Å². The summed E-state index contributed by atoms with van der Waals surface area (Å²) in [5.41, 5.74) is 2.57. The molecule has 0 atom stereocenters. The monoisotopic (exact) mass is 221 g/mol. The molecule has 1 aromatic rings. The van der Waals surface area contributed by atoms with Crippen LogP contribution in [-0.4, -0.2) is 18.3 Å². The van der Waals surface area contributed by atoms with Crippen molar-refractivity contribution in [3.8, 4) is 0 Å². The average molecular weight is 221 g/mol. The molecule has 0 amide bonds. The number of hydrogen-bond acceptors (Lipinski definition) is 2. The number of nitrogens with one attached hydrogen (secondary N) is 1. The molecule has 0 aromatic heterocycles. The molecule has 0 unspecified atom stereocenters. The van der Waals surface area contributed by atoms with Gasteiger partial charge in [0, 0.05) is 18.8 Å². The lowest BCUT2D eigenvalue weighted by Crippen LogP contribution is -2.01. The fourth-order valence-electron chi connectivity index (χ4n) is 1.63. The third kappa shape index (κ3) is 4.67. The van der Waals surface area contributed by atoms with Gasteiger partial charge in [-0.3, -0.25) is 0 Å². The lowest BCUT2D eigenvalue weighted by atomic mass is 10.0. The molecule has 0 bridgehead atoms. The van der Waals surface area contributed by atoms with Crippen LogP contribution in [0.5, 0.6) is 0 Å². The van der Waals surface area contributed by atoms with Crippen LogP contribution in [0.15, 0.2) is 24.3 Å². The minimum Gasteiger partial charge on any atom is -0.396 e. The molecule has 2 nitrogen and oxygen atoms in total. The van der Waals surface area contributed by atoms with E-state index in [1.165, 1.54) is 11.3 Å². The van der Waals surface area contributed by atoms with Gasteiger partial charge in [-0.25, -0.2) is 0 Å². The Hall–Kier alpha value is -1.02. The zero-order chi connectivity index (χ0) is 11.8. The van der Waals surface area contributed by atoms with Crippen LogP contribution in [0.1, 0.15) is 44.6 Å². The second-order valence-electron chi connectivity index (χ2n) is 4.49. The van der Waals surface area contributed by atoms with E-state index in [4.69, 9.17) is 5.11 Å². The minimum absolute atomic E-state index is 0.309. The van der Waals surface area contributed by atoms with E-state index < -0.39 is 0 Å². The number of unbranched alkanes of at least 4 members (excludes halogenated alkanes) is 2. The maximum atomic E-state index is 8.64.